The first kappa shape index (κ1) is 15.5. The predicted molar refractivity (Wildman–Crippen MR) is 76.1 cm³/mol. The Morgan fingerprint density at radius 3 is 2.62 bits per heavy atom. The molecule has 21 heavy (non-hydrogen) atoms. The Kier molecular flexibility index (Phi) is 4.33. The summed E-state index contributed by atoms with van der Waals surface area (Å²) in [5.74, 6) is 6.36. The van der Waals surface area contributed by atoms with Gasteiger partial charge in [0.2, 0.25) is 11.8 Å². The third kappa shape index (κ3) is 4.30. The lowest BCUT2D eigenvalue weighted by molar-refractivity contribution is -0.140. The van der Waals surface area contributed by atoms with E-state index in [1.807, 2.05) is 27.7 Å². The zero-order valence-corrected chi connectivity index (χ0v) is 13.1. The van der Waals surface area contributed by atoms with Crippen molar-refractivity contribution in [2.45, 2.75) is 46.8 Å². The van der Waals surface area contributed by atoms with Gasteiger partial charge in [0.15, 0.2) is 6.10 Å². The summed E-state index contributed by atoms with van der Waals surface area (Å²) < 4.78 is 11.2. The van der Waals surface area contributed by atoms with Crippen LogP contribution >= 0.6 is 0 Å². The summed E-state index contributed by atoms with van der Waals surface area (Å²) in [7, 11) is 0. The number of carbonyl (C=O) groups is 1. The van der Waals surface area contributed by atoms with Gasteiger partial charge in [0.05, 0.1) is 12.6 Å². The molecule has 0 radical (unpaired) electrons. The van der Waals surface area contributed by atoms with Crippen molar-refractivity contribution in [1.82, 2.24) is 15.1 Å². The lowest BCUT2D eigenvalue weighted by Gasteiger charge is -2.34. The second kappa shape index (κ2) is 5.86. The summed E-state index contributed by atoms with van der Waals surface area (Å²) >= 11 is 0. The van der Waals surface area contributed by atoms with Crippen molar-refractivity contribution < 1.29 is 13.9 Å². The first-order valence-corrected chi connectivity index (χ1v) is 7.02. The zero-order chi connectivity index (χ0) is 15.6. The van der Waals surface area contributed by atoms with E-state index in [0.29, 0.717) is 24.9 Å². The van der Waals surface area contributed by atoms with Crippen LogP contribution < -0.4 is 0 Å². The highest BCUT2D eigenvalue weighted by atomic mass is 16.5. The summed E-state index contributed by atoms with van der Waals surface area (Å²) in [6, 6.07) is 0. The van der Waals surface area contributed by atoms with Gasteiger partial charge in [-0.2, -0.15) is 0 Å². The maximum Gasteiger partial charge on any atom is 0.298 e. The number of hydrogen-bond acceptors (Lipinski definition) is 5. The van der Waals surface area contributed by atoms with Crippen LogP contribution in [0.4, 0.5) is 0 Å². The van der Waals surface area contributed by atoms with Gasteiger partial charge in [-0.3, -0.25) is 4.79 Å². The molecule has 0 bridgehead atoms. The number of ether oxygens (including phenoxy) is 1. The molecule has 0 aromatic carbocycles. The number of carbonyl (C=O) groups excluding carboxylic acids is 1. The quantitative estimate of drug-likeness (QED) is 0.737. The highest BCUT2D eigenvalue weighted by molar-refractivity contribution is 5.93. The van der Waals surface area contributed by atoms with Gasteiger partial charge < -0.3 is 14.1 Å². The van der Waals surface area contributed by atoms with Gasteiger partial charge in [-0.25, -0.2) is 0 Å². The molecule has 0 unspecified atom stereocenters. The maximum atomic E-state index is 12.2. The molecule has 6 heteroatoms. The Morgan fingerprint density at radius 2 is 2.05 bits per heavy atom. The second-order valence-corrected chi connectivity index (χ2v) is 6.30. The fraction of sp³-hybridized carbons (Fsp3) is 0.667. The highest BCUT2D eigenvalue weighted by Gasteiger charge is 2.32. The fourth-order valence-electron chi connectivity index (χ4n) is 2.02. The third-order valence-corrected chi connectivity index (χ3v) is 2.91. The molecule has 1 aromatic heterocycles. The molecule has 2 rings (SSSR count). The number of hydrogen-bond donors (Lipinski definition) is 0. The minimum Gasteiger partial charge on any atom is -0.423 e. The Bertz CT molecular complexity index is 577. The molecule has 0 spiro atoms. The largest absolute Gasteiger partial charge is 0.423 e. The molecule has 1 fully saturated rings. The van der Waals surface area contributed by atoms with E-state index in [2.05, 4.69) is 22.0 Å². The first-order valence-electron chi connectivity index (χ1n) is 7.02. The van der Waals surface area contributed by atoms with Gasteiger partial charge in [0, 0.05) is 18.9 Å². The summed E-state index contributed by atoms with van der Waals surface area (Å²) in [6.45, 7) is 10.4. The van der Waals surface area contributed by atoms with Crippen LogP contribution in [0.5, 0.6) is 0 Å². The number of aryl methyl sites for hydroxylation is 1. The third-order valence-electron chi connectivity index (χ3n) is 2.91. The standard InChI is InChI=1S/C15H21N3O3/c1-10-8-18(13(19)6-7-15(3,4)5)9-12(20-10)14-17-16-11(2)21-14/h10,12H,8-9H2,1-5H3/t10-,12-/m1/s1. The van der Waals surface area contributed by atoms with E-state index in [4.69, 9.17) is 9.15 Å². The van der Waals surface area contributed by atoms with Crippen LogP contribution in [0.2, 0.25) is 0 Å². The molecule has 1 saturated heterocycles. The summed E-state index contributed by atoms with van der Waals surface area (Å²) in [6.07, 6.45) is -0.494. The molecule has 0 aliphatic carbocycles. The Hall–Kier alpha value is -1.87. The van der Waals surface area contributed by atoms with Crippen molar-refractivity contribution in [3.8, 4) is 11.8 Å². The minimum atomic E-state index is -0.393. The van der Waals surface area contributed by atoms with Crippen molar-refractivity contribution in [1.29, 1.82) is 0 Å². The molecular formula is C15H21N3O3. The van der Waals surface area contributed by atoms with E-state index in [0.717, 1.165) is 0 Å². The monoisotopic (exact) mass is 291 g/mol. The second-order valence-electron chi connectivity index (χ2n) is 6.30. The fourth-order valence-corrected chi connectivity index (χ4v) is 2.02. The van der Waals surface area contributed by atoms with Crippen molar-refractivity contribution in [2.24, 2.45) is 5.41 Å². The van der Waals surface area contributed by atoms with Crippen LogP contribution in [0, 0.1) is 24.2 Å². The van der Waals surface area contributed by atoms with Crippen LogP contribution in [0.1, 0.15) is 45.6 Å². The zero-order valence-electron chi connectivity index (χ0n) is 13.1. The molecule has 1 aromatic rings. The normalized spacial score (nSPS) is 22.6. The topological polar surface area (TPSA) is 68.5 Å². The van der Waals surface area contributed by atoms with Crippen LogP contribution in [-0.2, 0) is 9.53 Å². The van der Waals surface area contributed by atoms with Crippen LogP contribution in [0.3, 0.4) is 0 Å². The first-order chi connectivity index (χ1) is 9.74. The van der Waals surface area contributed by atoms with Gasteiger partial charge in [0.25, 0.3) is 5.91 Å². The smallest absolute Gasteiger partial charge is 0.298 e. The van der Waals surface area contributed by atoms with Crippen LogP contribution in [0.25, 0.3) is 0 Å². The van der Waals surface area contributed by atoms with E-state index >= 15 is 0 Å². The molecule has 1 aliphatic rings. The van der Waals surface area contributed by atoms with Gasteiger partial charge in [-0.15, -0.1) is 10.2 Å². The van der Waals surface area contributed by atoms with Crippen molar-refractivity contribution >= 4 is 5.91 Å². The van der Waals surface area contributed by atoms with E-state index in [1.54, 1.807) is 11.8 Å². The minimum absolute atomic E-state index is 0.101. The number of nitrogens with zero attached hydrogens (tertiary/aromatic N) is 3. The maximum absolute atomic E-state index is 12.2. The molecule has 0 N–H and O–H groups in total. The number of morpholine rings is 1. The molecule has 114 valence electrons. The number of rotatable bonds is 1. The Morgan fingerprint density at radius 1 is 1.33 bits per heavy atom. The predicted octanol–water partition coefficient (Wildman–Crippen LogP) is 1.72. The van der Waals surface area contributed by atoms with Crippen LogP contribution in [0.15, 0.2) is 4.42 Å². The molecule has 1 amide bonds. The van der Waals surface area contributed by atoms with Crippen molar-refractivity contribution in [2.75, 3.05) is 13.1 Å². The van der Waals surface area contributed by atoms with E-state index in [9.17, 15) is 4.79 Å². The average Bonchev–Trinajstić information content (AvgIpc) is 2.81. The molecule has 1 aliphatic heterocycles. The highest BCUT2D eigenvalue weighted by Crippen LogP contribution is 2.24. The molecule has 0 saturated carbocycles. The van der Waals surface area contributed by atoms with E-state index < -0.39 is 6.10 Å². The Labute approximate surface area is 124 Å². The molecule has 2 atom stereocenters. The van der Waals surface area contributed by atoms with Gasteiger partial charge in [-0.05, 0) is 33.6 Å². The average molecular weight is 291 g/mol. The van der Waals surface area contributed by atoms with Crippen molar-refractivity contribution in [3.05, 3.63) is 11.8 Å². The molecule has 2 heterocycles. The van der Waals surface area contributed by atoms with Crippen LogP contribution in [-0.4, -0.2) is 40.2 Å². The van der Waals surface area contributed by atoms with E-state index in [1.165, 1.54) is 0 Å². The van der Waals surface area contributed by atoms with E-state index in [-0.39, 0.29) is 17.4 Å². The molecule has 6 nitrogen and oxygen atoms in total. The summed E-state index contributed by atoms with van der Waals surface area (Å²) in [5, 5.41) is 7.76. The SMILES string of the molecule is Cc1nnc([C@H]2CN(C(=O)C#CC(C)(C)C)C[C@@H](C)O2)o1. The number of aromatic nitrogens is 2. The van der Waals surface area contributed by atoms with Gasteiger partial charge in [0.1, 0.15) is 0 Å². The summed E-state index contributed by atoms with van der Waals surface area (Å²) in [4.78, 5) is 13.9. The lowest BCUT2D eigenvalue weighted by atomic mass is 9.98. The molecular weight excluding hydrogens is 270 g/mol. The lowest BCUT2D eigenvalue weighted by Crippen LogP contribution is -2.45. The summed E-state index contributed by atoms with van der Waals surface area (Å²) in [5.41, 5.74) is -0.198. The Balaban J connectivity index is 2.10. The van der Waals surface area contributed by atoms with Gasteiger partial charge in [-0.1, -0.05) is 5.92 Å². The number of amides is 1. The van der Waals surface area contributed by atoms with Gasteiger partial charge >= 0.3 is 0 Å². The van der Waals surface area contributed by atoms with Crippen molar-refractivity contribution in [3.63, 3.8) is 0 Å².